The number of rotatable bonds is 1. The lowest BCUT2D eigenvalue weighted by molar-refractivity contribution is -0.115. The first kappa shape index (κ1) is 10.6. The Bertz CT molecular complexity index is 432. The highest BCUT2D eigenvalue weighted by atomic mass is 79.9. The molecule has 3 amide bonds. The number of nitrogens with one attached hydrogen (secondary N) is 1. The maximum absolute atomic E-state index is 11.5. The van der Waals surface area contributed by atoms with Gasteiger partial charge >= 0.3 is 6.03 Å². The molecule has 1 saturated heterocycles. The van der Waals surface area contributed by atoms with Gasteiger partial charge in [-0.2, -0.15) is 0 Å². The lowest BCUT2D eigenvalue weighted by atomic mass is 10.3. The minimum Gasteiger partial charge on any atom is -0.328 e. The largest absolute Gasteiger partial charge is 0.329 e. The lowest BCUT2D eigenvalue weighted by Crippen LogP contribution is -2.30. The van der Waals surface area contributed by atoms with E-state index < -0.39 is 0 Å². The van der Waals surface area contributed by atoms with Crippen LogP contribution in [0.5, 0.6) is 0 Å². The van der Waals surface area contributed by atoms with E-state index in [0.29, 0.717) is 10.2 Å². The maximum Gasteiger partial charge on any atom is 0.329 e. The van der Waals surface area contributed by atoms with Crippen LogP contribution in [0.4, 0.5) is 10.5 Å². The third-order valence-electron chi connectivity index (χ3n) is 1.99. The van der Waals surface area contributed by atoms with Crippen LogP contribution >= 0.6 is 31.9 Å². The van der Waals surface area contributed by atoms with Gasteiger partial charge in [0, 0.05) is 8.95 Å². The first-order valence-electron chi connectivity index (χ1n) is 4.15. The fourth-order valence-electron chi connectivity index (χ4n) is 1.32. The number of hydrogen-bond donors (Lipinski definition) is 1. The van der Waals surface area contributed by atoms with Crippen LogP contribution in [0, 0.1) is 0 Å². The van der Waals surface area contributed by atoms with E-state index in [2.05, 4.69) is 37.2 Å². The molecule has 6 heteroatoms. The van der Waals surface area contributed by atoms with E-state index in [-0.39, 0.29) is 18.5 Å². The van der Waals surface area contributed by atoms with Crippen molar-refractivity contribution in [3.63, 3.8) is 0 Å². The van der Waals surface area contributed by atoms with Crippen LogP contribution in [0.25, 0.3) is 0 Å². The summed E-state index contributed by atoms with van der Waals surface area (Å²) in [6.45, 7) is 0.0534. The topological polar surface area (TPSA) is 49.4 Å². The molecule has 0 radical (unpaired) electrons. The van der Waals surface area contributed by atoms with Crippen LogP contribution < -0.4 is 10.2 Å². The number of carbonyl (C=O) groups excluding carboxylic acids is 2. The zero-order valence-corrected chi connectivity index (χ0v) is 10.6. The number of carbonyl (C=O) groups is 2. The van der Waals surface area contributed by atoms with Crippen molar-refractivity contribution in [2.75, 3.05) is 11.4 Å². The van der Waals surface area contributed by atoms with Crippen LogP contribution in [0.15, 0.2) is 27.1 Å². The van der Waals surface area contributed by atoms with Crippen LogP contribution in [-0.2, 0) is 4.79 Å². The average molecular weight is 334 g/mol. The minimum absolute atomic E-state index is 0.0534. The van der Waals surface area contributed by atoms with Crippen LogP contribution in [0.1, 0.15) is 0 Å². The van der Waals surface area contributed by atoms with Gasteiger partial charge in [0.05, 0.1) is 12.2 Å². The quantitative estimate of drug-likeness (QED) is 0.801. The molecule has 0 atom stereocenters. The molecule has 1 aliphatic heterocycles. The number of nitrogens with zero attached hydrogens (tertiary/aromatic N) is 1. The molecule has 0 aromatic heterocycles. The van der Waals surface area contributed by atoms with Gasteiger partial charge in [-0.15, -0.1) is 0 Å². The molecule has 1 fully saturated rings. The normalized spacial score (nSPS) is 15.7. The second-order valence-electron chi connectivity index (χ2n) is 2.98. The highest BCUT2D eigenvalue weighted by molar-refractivity contribution is 9.11. The summed E-state index contributed by atoms with van der Waals surface area (Å²) in [6.07, 6.45) is 0. The van der Waals surface area contributed by atoms with Crippen LogP contribution in [0.2, 0.25) is 0 Å². The first-order valence-corrected chi connectivity index (χ1v) is 5.74. The summed E-state index contributed by atoms with van der Waals surface area (Å²) in [4.78, 5) is 24.0. The molecule has 2 rings (SSSR count). The summed E-state index contributed by atoms with van der Waals surface area (Å²) in [6, 6.07) is 4.93. The second kappa shape index (κ2) is 3.94. The Balaban J connectivity index is 2.48. The van der Waals surface area contributed by atoms with Gasteiger partial charge in [0.2, 0.25) is 0 Å². The number of imide groups is 1. The van der Waals surface area contributed by atoms with Gasteiger partial charge < -0.3 is 5.32 Å². The van der Waals surface area contributed by atoms with Gasteiger partial charge in [-0.25, -0.2) is 9.69 Å². The number of amides is 3. The summed E-state index contributed by atoms with van der Waals surface area (Å²) < 4.78 is 1.52. The van der Waals surface area contributed by atoms with Crippen molar-refractivity contribution in [1.29, 1.82) is 0 Å². The molecule has 1 aromatic rings. The number of halogens is 2. The fraction of sp³-hybridized carbons (Fsp3) is 0.111. The van der Waals surface area contributed by atoms with Crippen molar-refractivity contribution in [2.24, 2.45) is 0 Å². The second-order valence-corrected chi connectivity index (χ2v) is 4.75. The number of benzene rings is 1. The molecule has 4 nitrogen and oxygen atoms in total. The van der Waals surface area contributed by atoms with E-state index >= 15 is 0 Å². The highest BCUT2D eigenvalue weighted by Gasteiger charge is 2.31. The SMILES string of the molecule is O=C1CNC(=O)N1c1cc(Br)ccc1Br. The molecule has 1 heterocycles. The predicted molar refractivity (Wildman–Crippen MR) is 62.7 cm³/mol. The van der Waals surface area contributed by atoms with Gasteiger partial charge in [0.1, 0.15) is 0 Å². The summed E-state index contributed by atoms with van der Waals surface area (Å²) in [7, 11) is 0. The Morgan fingerprint density at radius 3 is 2.60 bits per heavy atom. The monoisotopic (exact) mass is 332 g/mol. The molecule has 0 unspecified atom stereocenters. The molecule has 1 aliphatic rings. The van der Waals surface area contributed by atoms with Gasteiger partial charge in [0.25, 0.3) is 5.91 Å². The van der Waals surface area contributed by atoms with Gasteiger partial charge in [-0.1, -0.05) is 15.9 Å². The van der Waals surface area contributed by atoms with Crippen molar-refractivity contribution in [2.45, 2.75) is 0 Å². The minimum atomic E-state index is -0.390. The molecule has 0 bridgehead atoms. The molecule has 0 spiro atoms. The van der Waals surface area contributed by atoms with Gasteiger partial charge in [0.15, 0.2) is 0 Å². The van der Waals surface area contributed by atoms with E-state index in [1.165, 1.54) is 0 Å². The van der Waals surface area contributed by atoms with Crippen LogP contribution in [0.3, 0.4) is 0 Å². The summed E-state index contributed by atoms with van der Waals surface area (Å²) in [5.41, 5.74) is 0.546. The van der Waals surface area contributed by atoms with Crippen molar-refractivity contribution < 1.29 is 9.59 Å². The molecule has 1 N–H and O–H groups in total. The molecule has 78 valence electrons. The number of urea groups is 1. The zero-order valence-electron chi connectivity index (χ0n) is 7.46. The zero-order chi connectivity index (χ0) is 11.0. The Morgan fingerprint density at radius 1 is 1.27 bits per heavy atom. The standard InChI is InChI=1S/C9H6Br2N2O2/c10-5-1-2-6(11)7(3-5)13-8(14)4-12-9(13)15/h1-3H,4H2,(H,12,15). The van der Waals surface area contributed by atoms with E-state index in [4.69, 9.17) is 0 Å². The molecular formula is C9H6Br2N2O2. The first-order chi connectivity index (χ1) is 7.09. The molecule has 15 heavy (non-hydrogen) atoms. The van der Waals surface area contributed by atoms with E-state index in [0.717, 1.165) is 9.37 Å². The Morgan fingerprint density at radius 2 is 2.00 bits per heavy atom. The predicted octanol–water partition coefficient (Wildman–Crippen LogP) is 2.27. The highest BCUT2D eigenvalue weighted by Crippen LogP contribution is 2.30. The third-order valence-corrected chi connectivity index (χ3v) is 3.16. The van der Waals surface area contributed by atoms with E-state index in [1.54, 1.807) is 12.1 Å². The van der Waals surface area contributed by atoms with Crippen molar-refractivity contribution >= 4 is 49.5 Å². The van der Waals surface area contributed by atoms with Crippen molar-refractivity contribution in [1.82, 2.24) is 5.32 Å². The van der Waals surface area contributed by atoms with E-state index in [1.807, 2.05) is 6.07 Å². The van der Waals surface area contributed by atoms with Gasteiger partial charge in [-0.05, 0) is 34.1 Å². The van der Waals surface area contributed by atoms with Crippen molar-refractivity contribution in [3.8, 4) is 0 Å². The maximum atomic E-state index is 11.5. The summed E-state index contributed by atoms with van der Waals surface area (Å²) >= 11 is 6.59. The molecule has 0 saturated carbocycles. The molecule has 1 aromatic carbocycles. The Hall–Kier alpha value is -0.880. The smallest absolute Gasteiger partial charge is 0.328 e. The van der Waals surface area contributed by atoms with Gasteiger partial charge in [-0.3, -0.25) is 4.79 Å². The fourth-order valence-corrected chi connectivity index (χ4v) is 2.10. The van der Waals surface area contributed by atoms with Crippen LogP contribution in [-0.4, -0.2) is 18.5 Å². The summed E-state index contributed by atoms with van der Waals surface area (Å²) in [5, 5.41) is 2.47. The Kier molecular flexibility index (Phi) is 2.79. The molecule has 0 aliphatic carbocycles. The summed E-state index contributed by atoms with van der Waals surface area (Å²) in [5.74, 6) is -0.251. The molecular weight excluding hydrogens is 328 g/mol. The Labute approximate surface area is 103 Å². The number of hydrogen-bond acceptors (Lipinski definition) is 2. The lowest BCUT2D eigenvalue weighted by Gasteiger charge is -2.14. The third kappa shape index (κ3) is 1.91. The average Bonchev–Trinajstić information content (AvgIpc) is 2.51. The van der Waals surface area contributed by atoms with Crippen molar-refractivity contribution in [3.05, 3.63) is 27.1 Å². The number of anilines is 1. The van der Waals surface area contributed by atoms with E-state index in [9.17, 15) is 9.59 Å².